The number of nitrogens with zero attached hydrogens (tertiary/aromatic N) is 1. The fourth-order valence-corrected chi connectivity index (χ4v) is 1.36. The number of carbonyl (C=O) groups excluding carboxylic acids is 1. The lowest BCUT2D eigenvalue weighted by Gasteiger charge is -2.24. The minimum atomic E-state index is -0.0922. The summed E-state index contributed by atoms with van der Waals surface area (Å²) < 4.78 is 0. The van der Waals surface area contributed by atoms with Crippen LogP contribution in [0.15, 0.2) is 0 Å². The molecule has 0 saturated carbocycles. The van der Waals surface area contributed by atoms with Crippen LogP contribution >= 0.6 is 0 Å². The van der Waals surface area contributed by atoms with E-state index in [9.17, 15) is 4.79 Å². The van der Waals surface area contributed by atoms with Crippen LogP contribution < -0.4 is 16.6 Å². The van der Waals surface area contributed by atoms with Crippen LogP contribution in [0.4, 0.5) is 0 Å². The molecule has 5 heteroatoms. The molecule has 90 valence electrons. The van der Waals surface area contributed by atoms with Crippen molar-refractivity contribution in [2.24, 2.45) is 5.84 Å². The van der Waals surface area contributed by atoms with Gasteiger partial charge in [-0.1, -0.05) is 0 Å². The Balaban J connectivity index is 3.59. The Morgan fingerprint density at radius 2 is 2.20 bits per heavy atom. The summed E-state index contributed by atoms with van der Waals surface area (Å²) in [7, 11) is 4.04. The van der Waals surface area contributed by atoms with Gasteiger partial charge in [0.25, 0.3) is 0 Å². The van der Waals surface area contributed by atoms with Gasteiger partial charge in [-0.3, -0.25) is 10.2 Å². The van der Waals surface area contributed by atoms with Crippen molar-refractivity contribution in [3.8, 4) is 0 Å². The van der Waals surface area contributed by atoms with Gasteiger partial charge >= 0.3 is 0 Å². The second-order valence-corrected chi connectivity index (χ2v) is 3.89. The first kappa shape index (κ1) is 14.3. The lowest BCUT2D eigenvalue weighted by molar-refractivity contribution is -0.121. The molecule has 1 atom stereocenters. The average molecular weight is 216 g/mol. The molecule has 0 rings (SSSR count). The normalized spacial score (nSPS) is 12.9. The maximum atomic E-state index is 10.9. The summed E-state index contributed by atoms with van der Waals surface area (Å²) in [5, 5.41) is 3.11. The first-order chi connectivity index (χ1) is 7.11. The molecule has 0 saturated heterocycles. The molecule has 0 fully saturated rings. The van der Waals surface area contributed by atoms with Crippen LogP contribution in [0.1, 0.15) is 26.2 Å². The second kappa shape index (κ2) is 8.64. The predicted octanol–water partition coefficient (Wildman–Crippen LogP) is -0.314. The molecular formula is C10H24N4O. The molecule has 0 bridgehead atoms. The van der Waals surface area contributed by atoms with E-state index in [0.29, 0.717) is 12.5 Å². The van der Waals surface area contributed by atoms with Gasteiger partial charge in [0, 0.05) is 12.5 Å². The number of hydrogen-bond acceptors (Lipinski definition) is 4. The summed E-state index contributed by atoms with van der Waals surface area (Å²) in [4.78, 5) is 13.2. The summed E-state index contributed by atoms with van der Waals surface area (Å²) in [5.41, 5.74) is 2.14. The molecule has 0 aliphatic rings. The largest absolute Gasteiger partial charge is 0.320 e. The van der Waals surface area contributed by atoms with Crippen LogP contribution in [0.25, 0.3) is 0 Å². The second-order valence-electron chi connectivity index (χ2n) is 3.89. The molecule has 0 heterocycles. The van der Waals surface area contributed by atoms with Crippen molar-refractivity contribution in [1.82, 2.24) is 15.6 Å². The maximum Gasteiger partial charge on any atom is 0.233 e. The molecule has 0 radical (unpaired) electrons. The van der Waals surface area contributed by atoms with Gasteiger partial charge in [-0.25, -0.2) is 5.84 Å². The van der Waals surface area contributed by atoms with Crippen LogP contribution in [0.3, 0.4) is 0 Å². The monoisotopic (exact) mass is 216 g/mol. The third kappa shape index (κ3) is 7.30. The Morgan fingerprint density at radius 3 is 2.73 bits per heavy atom. The number of hydrazine groups is 1. The van der Waals surface area contributed by atoms with Crippen LogP contribution in [-0.2, 0) is 4.79 Å². The van der Waals surface area contributed by atoms with Gasteiger partial charge < -0.3 is 10.2 Å². The highest BCUT2D eigenvalue weighted by Crippen LogP contribution is 2.04. The van der Waals surface area contributed by atoms with Crippen molar-refractivity contribution >= 4 is 5.91 Å². The molecule has 0 aromatic carbocycles. The number of amides is 1. The quantitative estimate of drug-likeness (QED) is 0.225. The number of carbonyl (C=O) groups is 1. The zero-order valence-electron chi connectivity index (χ0n) is 10.0. The third-order valence-corrected chi connectivity index (χ3v) is 2.64. The molecule has 1 amide bonds. The van der Waals surface area contributed by atoms with Crippen LogP contribution in [0.5, 0.6) is 0 Å². The molecular weight excluding hydrogens is 192 g/mol. The van der Waals surface area contributed by atoms with Crippen molar-refractivity contribution in [3.63, 3.8) is 0 Å². The van der Waals surface area contributed by atoms with E-state index in [1.54, 1.807) is 0 Å². The van der Waals surface area contributed by atoms with E-state index in [4.69, 9.17) is 5.84 Å². The molecule has 1 unspecified atom stereocenters. The molecule has 0 aliphatic carbocycles. The van der Waals surface area contributed by atoms with Gasteiger partial charge in [0.1, 0.15) is 0 Å². The lowest BCUT2D eigenvalue weighted by Crippen LogP contribution is -2.34. The Bertz CT molecular complexity index is 175. The maximum absolute atomic E-state index is 10.9. The molecule has 0 aromatic rings. The van der Waals surface area contributed by atoms with E-state index < -0.39 is 0 Å². The number of nitrogens with two attached hydrogens (primary N) is 1. The predicted molar refractivity (Wildman–Crippen MR) is 62.2 cm³/mol. The molecule has 0 aromatic heterocycles. The van der Waals surface area contributed by atoms with E-state index in [2.05, 4.69) is 29.6 Å². The van der Waals surface area contributed by atoms with Gasteiger partial charge in [-0.2, -0.15) is 0 Å². The fraction of sp³-hybridized carbons (Fsp3) is 0.900. The topological polar surface area (TPSA) is 70.4 Å². The summed E-state index contributed by atoms with van der Waals surface area (Å²) in [5.74, 6) is 4.92. The Morgan fingerprint density at radius 1 is 1.53 bits per heavy atom. The Labute approximate surface area is 92.4 Å². The third-order valence-electron chi connectivity index (χ3n) is 2.64. The van der Waals surface area contributed by atoms with Gasteiger partial charge in [-0.15, -0.1) is 0 Å². The van der Waals surface area contributed by atoms with Gasteiger partial charge in [0.05, 0.1) is 0 Å². The van der Waals surface area contributed by atoms with E-state index in [1.807, 2.05) is 7.05 Å². The zero-order chi connectivity index (χ0) is 11.7. The Kier molecular flexibility index (Phi) is 8.27. The molecule has 15 heavy (non-hydrogen) atoms. The average Bonchev–Trinajstić information content (AvgIpc) is 2.25. The van der Waals surface area contributed by atoms with Gasteiger partial charge in [0.15, 0.2) is 0 Å². The van der Waals surface area contributed by atoms with Crippen LogP contribution in [-0.4, -0.2) is 44.0 Å². The number of hydrogen-bond donors (Lipinski definition) is 3. The van der Waals surface area contributed by atoms with Crippen LogP contribution in [0, 0.1) is 0 Å². The minimum Gasteiger partial charge on any atom is -0.320 e. The number of rotatable bonds is 8. The van der Waals surface area contributed by atoms with Crippen molar-refractivity contribution in [2.75, 3.05) is 27.2 Å². The van der Waals surface area contributed by atoms with E-state index >= 15 is 0 Å². The minimum absolute atomic E-state index is 0.0922. The standard InChI is InChI=1S/C10H24N4O/c1-9(5-6-10(15)13-11)14(3)8-4-7-12-2/h9,12H,4-8,11H2,1-3H3,(H,13,15). The summed E-state index contributed by atoms with van der Waals surface area (Å²) in [6.07, 6.45) is 2.47. The zero-order valence-corrected chi connectivity index (χ0v) is 10.0. The smallest absolute Gasteiger partial charge is 0.233 e. The molecule has 5 nitrogen and oxygen atoms in total. The van der Waals surface area contributed by atoms with E-state index in [1.165, 1.54) is 0 Å². The fourth-order valence-electron chi connectivity index (χ4n) is 1.36. The highest BCUT2D eigenvalue weighted by atomic mass is 16.2. The Hall–Kier alpha value is -0.650. The summed E-state index contributed by atoms with van der Waals surface area (Å²) in [6, 6.07) is 0.416. The summed E-state index contributed by atoms with van der Waals surface area (Å²) >= 11 is 0. The molecule has 0 spiro atoms. The molecule has 4 N–H and O–H groups in total. The highest BCUT2D eigenvalue weighted by molar-refractivity contribution is 5.75. The van der Waals surface area contributed by atoms with Crippen LogP contribution in [0.2, 0.25) is 0 Å². The van der Waals surface area contributed by atoms with Gasteiger partial charge in [0.2, 0.25) is 5.91 Å². The van der Waals surface area contributed by atoms with Crippen molar-refractivity contribution in [2.45, 2.75) is 32.2 Å². The van der Waals surface area contributed by atoms with E-state index in [-0.39, 0.29) is 5.91 Å². The SMILES string of the molecule is CNCCCN(C)C(C)CCC(=O)NN. The summed E-state index contributed by atoms with van der Waals surface area (Å²) in [6.45, 7) is 4.20. The molecule has 0 aliphatic heterocycles. The number of nitrogens with one attached hydrogen (secondary N) is 2. The first-order valence-corrected chi connectivity index (χ1v) is 5.46. The van der Waals surface area contributed by atoms with Gasteiger partial charge in [-0.05, 0) is 47.0 Å². The van der Waals surface area contributed by atoms with Crippen molar-refractivity contribution in [3.05, 3.63) is 0 Å². The highest BCUT2D eigenvalue weighted by Gasteiger charge is 2.10. The lowest BCUT2D eigenvalue weighted by atomic mass is 10.1. The van der Waals surface area contributed by atoms with E-state index in [0.717, 1.165) is 25.9 Å². The van der Waals surface area contributed by atoms with Crippen molar-refractivity contribution in [1.29, 1.82) is 0 Å². The van der Waals surface area contributed by atoms with Crippen molar-refractivity contribution < 1.29 is 4.79 Å². The first-order valence-electron chi connectivity index (χ1n) is 5.46.